The average Bonchev–Trinajstić information content (AvgIpc) is 2.47. The summed E-state index contributed by atoms with van der Waals surface area (Å²) in [5, 5.41) is 11.0. The molecule has 0 saturated heterocycles. The number of hydrogen-bond acceptors (Lipinski definition) is 4. The molecule has 0 heterocycles. The Hall–Kier alpha value is -2.69. The zero-order valence-electron chi connectivity index (χ0n) is 10.9. The smallest absolute Gasteiger partial charge is 0.345 e. The molecule has 2 rings (SSSR count). The Balaban J connectivity index is 2.51. The second kappa shape index (κ2) is 5.97. The van der Waals surface area contributed by atoms with Crippen molar-refractivity contribution in [3.63, 3.8) is 0 Å². The number of rotatable bonds is 4. The molecule has 5 heteroatoms. The van der Waals surface area contributed by atoms with Gasteiger partial charge in [-0.15, -0.1) is 0 Å². The van der Waals surface area contributed by atoms with Crippen molar-refractivity contribution in [2.24, 2.45) is 0 Å². The van der Waals surface area contributed by atoms with Crippen molar-refractivity contribution in [1.82, 2.24) is 0 Å². The van der Waals surface area contributed by atoms with Crippen LogP contribution >= 0.6 is 0 Å². The fourth-order valence-corrected chi connectivity index (χ4v) is 1.88. The van der Waals surface area contributed by atoms with Crippen molar-refractivity contribution in [3.8, 4) is 11.1 Å². The molecule has 0 aliphatic heterocycles. The van der Waals surface area contributed by atoms with Crippen LogP contribution in [0.2, 0.25) is 0 Å². The summed E-state index contributed by atoms with van der Waals surface area (Å²) in [5.74, 6) is -0.683. The van der Waals surface area contributed by atoms with Gasteiger partial charge in [0.2, 0.25) is 0 Å². The molecule has 0 amide bonds. The molecule has 102 valence electrons. The Morgan fingerprint density at radius 2 is 1.85 bits per heavy atom. The molecule has 0 spiro atoms. The highest BCUT2D eigenvalue weighted by molar-refractivity contribution is 5.95. The van der Waals surface area contributed by atoms with Gasteiger partial charge in [-0.1, -0.05) is 30.3 Å². The molecule has 0 radical (unpaired) electrons. The average molecular weight is 271 g/mol. The quantitative estimate of drug-likeness (QED) is 0.485. The van der Waals surface area contributed by atoms with Crippen molar-refractivity contribution < 1.29 is 14.5 Å². The van der Waals surface area contributed by atoms with E-state index in [0.717, 1.165) is 11.1 Å². The minimum atomic E-state index is -0.683. The first-order valence-electron chi connectivity index (χ1n) is 6.14. The molecule has 0 bridgehead atoms. The number of nitrogens with zero attached hydrogens (tertiary/aromatic N) is 1. The third-order valence-electron chi connectivity index (χ3n) is 2.80. The van der Waals surface area contributed by atoms with E-state index in [4.69, 9.17) is 4.74 Å². The van der Waals surface area contributed by atoms with Gasteiger partial charge >= 0.3 is 5.97 Å². The highest BCUT2D eigenvalue weighted by Gasteiger charge is 2.21. The molecule has 0 aromatic heterocycles. The van der Waals surface area contributed by atoms with Crippen LogP contribution in [-0.4, -0.2) is 17.5 Å². The first-order valence-corrected chi connectivity index (χ1v) is 6.14. The van der Waals surface area contributed by atoms with Crippen LogP contribution in [0, 0.1) is 10.1 Å². The first-order chi connectivity index (χ1) is 9.63. The van der Waals surface area contributed by atoms with Gasteiger partial charge in [0.15, 0.2) is 0 Å². The molecule has 2 aromatic rings. The van der Waals surface area contributed by atoms with Crippen molar-refractivity contribution in [2.75, 3.05) is 6.61 Å². The fourth-order valence-electron chi connectivity index (χ4n) is 1.88. The van der Waals surface area contributed by atoms with E-state index < -0.39 is 10.9 Å². The highest BCUT2D eigenvalue weighted by atomic mass is 16.6. The molecule has 0 fully saturated rings. The van der Waals surface area contributed by atoms with Crippen molar-refractivity contribution >= 4 is 11.7 Å². The summed E-state index contributed by atoms with van der Waals surface area (Å²) in [4.78, 5) is 22.2. The van der Waals surface area contributed by atoms with Crippen LogP contribution in [0.5, 0.6) is 0 Å². The van der Waals surface area contributed by atoms with Crippen molar-refractivity contribution in [3.05, 3.63) is 64.2 Å². The van der Waals surface area contributed by atoms with E-state index in [1.165, 1.54) is 12.1 Å². The molecule has 20 heavy (non-hydrogen) atoms. The molecule has 0 atom stereocenters. The molecule has 0 saturated carbocycles. The van der Waals surface area contributed by atoms with E-state index >= 15 is 0 Å². The van der Waals surface area contributed by atoms with Crippen LogP contribution in [0.3, 0.4) is 0 Å². The van der Waals surface area contributed by atoms with Crippen LogP contribution in [-0.2, 0) is 4.74 Å². The predicted octanol–water partition coefficient (Wildman–Crippen LogP) is 3.44. The summed E-state index contributed by atoms with van der Waals surface area (Å²) in [7, 11) is 0. The van der Waals surface area contributed by atoms with Crippen LogP contribution < -0.4 is 0 Å². The van der Waals surface area contributed by atoms with Gasteiger partial charge in [0.25, 0.3) is 5.69 Å². The van der Waals surface area contributed by atoms with E-state index in [9.17, 15) is 14.9 Å². The fraction of sp³-hybridized carbons (Fsp3) is 0.133. The maximum Gasteiger partial charge on any atom is 0.345 e. The maximum atomic E-state index is 11.8. The van der Waals surface area contributed by atoms with Gasteiger partial charge in [0, 0.05) is 6.07 Å². The van der Waals surface area contributed by atoms with Gasteiger partial charge < -0.3 is 4.74 Å². The zero-order valence-corrected chi connectivity index (χ0v) is 10.9. The number of hydrogen-bond donors (Lipinski definition) is 0. The summed E-state index contributed by atoms with van der Waals surface area (Å²) >= 11 is 0. The van der Waals surface area contributed by atoms with Gasteiger partial charge in [0.1, 0.15) is 5.56 Å². The van der Waals surface area contributed by atoms with Gasteiger partial charge in [-0.2, -0.15) is 0 Å². The largest absolute Gasteiger partial charge is 0.462 e. The maximum absolute atomic E-state index is 11.8. The summed E-state index contributed by atoms with van der Waals surface area (Å²) in [6.45, 7) is 1.83. The lowest BCUT2D eigenvalue weighted by Crippen LogP contribution is -2.08. The lowest BCUT2D eigenvalue weighted by molar-refractivity contribution is -0.385. The van der Waals surface area contributed by atoms with Gasteiger partial charge in [-0.25, -0.2) is 4.79 Å². The molecule has 0 N–H and O–H groups in total. The molecule has 0 aliphatic rings. The Morgan fingerprint density at radius 1 is 1.15 bits per heavy atom. The third kappa shape index (κ3) is 2.83. The Morgan fingerprint density at radius 3 is 2.45 bits per heavy atom. The van der Waals surface area contributed by atoms with E-state index in [1.54, 1.807) is 13.0 Å². The summed E-state index contributed by atoms with van der Waals surface area (Å²) in [6.07, 6.45) is 0. The number of esters is 1. The first kappa shape index (κ1) is 13.7. The third-order valence-corrected chi connectivity index (χ3v) is 2.80. The number of ether oxygens (including phenoxy) is 1. The second-order valence-corrected chi connectivity index (χ2v) is 4.08. The SMILES string of the molecule is CCOC(=O)c1cc(-c2ccccc2)ccc1[N+](=O)[O-]. The van der Waals surface area contributed by atoms with E-state index in [-0.39, 0.29) is 17.9 Å². The Bertz CT molecular complexity index is 638. The van der Waals surface area contributed by atoms with Crippen LogP contribution in [0.25, 0.3) is 11.1 Å². The molecule has 0 aliphatic carbocycles. The molecule has 2 aromatic carbocycles. The van der Waals surface area contributed by atoms with Crippen LogP contribution in [0.1, 0.15) is 17.3 Å². The standard InChI is InChI=1S/C15H13NO4/c1-2-20-15(17)13-10-12(8-9-14(13)16(18)19)11-6-4-3-5-7-11/h3-10H,2H2,1H3. The number of nitro benzene ring substituents is 1. The highest BCUT2D eigenvalue weighted by Crippen LogP contribution is 2.27. The number of benzene rings is 2. The molecular formula is C15H13NO4. The molecule has 5 nitrogen and oxygen atoms in total. The number of carbonyl (C=O) groups excluding carboxylic acids is 1. The summed E-state index contributed by atoms with van der Waals surface area (Å²) in [6, 6.07) is 13.8. The topological polar surface area (TPSA) is 69.4 Å². The van der Waals surface area contributed by atoms with Gasteiger partial charge in [-0.3, -0.25) is 10.1 Å². The lowest BCUT2D eigenvalue weighted by atomic mass is 10.0. The van der Waals surface area contributed by atoms with Crippen molar-refractivity contribution in [1.29, 1.82) is 0 Å². The molecule has 0 unspecified atom stereocenters. The van der Waals surface area contributed by atoms with E-state index in [2.05, 4.69) is 0 Å². The summed E-state index contributed by atoms with van der Waals surface area (Å²) in [5.41, 5.74) is 1.34. The van der Waals surface area contributed by atoms with E-state index in [1.807, 2.05) is 30.3 Å². The van der Waals surface area contributed by atoms with Crippen molar-refractivity contribution in [2.45, 2.75) is 6.92 Å². The number of nitro groups is 1. The normalized spacial score (nSPS) is 10.1. The van der Waals surface area contributed by atoms with Crippen LogP contribution in [0.15, 0.2) is 48.5 Å². The second-order valence-electron chi connectivity index (χ2n) is 4.08. The van der Waals surface area contributed by atoms with Crippen LogP contribution in [0.4, 0.5) is 5.69 Å². The lowest BCUT2D eigenvalue weighted by Gasteiger charge is -2.06. The Labute approximate surface area is 116 Å². The Kier molecular flexibility index (Phi) is 4.10. The minimum absolute atomic E-state index is 0.0294. The zero-order chi connectivity index (χ0) is 14.5. The number of carbonyl (C=O) groups is 1. The predicted molar refractivity (Wildman–Crippen MR) is 74.5 cm³/mol. The molecular weight excluding hydrogens is 258 g/mol. The van der Waals surface area contributed by atoms with E-state index in [0.29, 0.717) is 0 Å². The minimum Gasteiger partial charge on any atom is -0.462 e. The summed E-state index contributed by atoms with van der Waals surface area (Å²) < 4.78 is 4.87. The van der Waals surface area contributed by atoms with Gasteiger partial charge in [-0.05, 0) is 30.2 Å². The monoisotopic (exact) mass is 271 g/mol. The van der Waals surface area contributed by atoms with Gasteiger partial charge in [0.05, 0.1) is 11.5 Å².